The Balaban J connectivity index is 1.80. The van der Waals surface area contributed by atoms with Crippen molar-refractivity contribution < 1.29 is 24.2 Å². The van der Waals surface area contributed by atoms with Crippen LogP contribution >= 0.6 is 0 Å². The molecule has 0 radical (unpaired) electrons. The van der Waals surface area contributed by atoms with Crippen LogP contribution in [0.1, 0.15) is 30.1 Å². The fourth-order valence-electron chi connectivity index (χ4n) is 2.34. The number of aliphatic carboxylic acids is 1. The Morgan fingerprint density at radius 2 is 2.00 bits per heavy atom. The van der Waals surface area contributed by atoms with Crippen LogP contribution in [0.25, 0.3) is 0 Å². The first kappa shape index (κ1) is 12.8. The van der Waals surface area contributed by atoms with Crippen molar-refractivity contribution in [3.05, 3.63) is 23.8 Å². The molecule has 1 aromatic rings. The summed E-state index contributed by atoms with van der Waals surface area (Å²) in [6, 6.07) is 4.80. The van der Waals surface area contributed by atoms with Gasteiger partial charge in [-0.05, 0) is 43.9 Å². The predicted octanol–water partition coefficient (Wildman–Crippen LogP) is 1.40. The molecule has 1 aliphatic heterocycles. The smallest absolute Gasteiger partial charge is 0.329 e. The minimum atomic E-state index is -1.21. The van der Waals surface area contributed by atoms with Gasteiger partial charge in [-0.3, -0.25) is 4.79 Å². The Morgan fingerprint density at radius 1 is 1.30 bits per heavy atom. The number of rotatable bonds is 4. The molecule has 1 atom stereocenters. The normalized spacial score (nSPS) is 19.2. The van der Waals surface area contributed by atoms with Gasteiger partial charge in [0.1, 0.15) is 5.54 Å². The SMILES string of the molecule is C[C@](NC(=O)c1ccc2c(c1)OCO2)(C(=O)O)C1CC1. The summed E-state index contributed by atoms with van der Waals surface area (Å²) in [5.41, 5.74) is -0.852. The van der Waals surface area contributed by atoms with Crippen molar-refractivity contribution in [2.75, 3.05) is 6.79 Å². The number of hydrogen-bond acceptors (Lipinski definition) is 4. The molecule has 3 rings (SSSR count). The van der Waals surface area contributed by atoms with E-state index in [1.54, 1.807) is 25.1 Å². The van der Waals surface area contributed by atoms with Gasteiger partial charge in [0.05, 0.1) is 0 Å². The third-order valence-electron chi connectivity index (χ3n) is 3.85. The first-order chi connectivity index (χ1) is 9.50. The summed E-state index contributed by atoms with van der Waals surface area (Å²) in [6.45, 7) is 1.69. The van der Waals surface area contributed by atoms with Crippen LogP contribution in [0.4, 0.5) is 0 Å². The molecule has 1 aromatic carbocycles. The Hall–Kier alpha value is -2.24. The van der Waals surface area contributed by atoms with E-state index in [4.69, 9.17) is 9.47 Å². The lowest BCUT2D eigenvalue weighted by Crippen LogP contribution is -2.54. The molecule has 0 spiro atoms. The molecular weight excluding hydrogens is 262 g/mol. The van der Waals surface area contributed by atoms with Crippen molar-refractivity contribution >= 4 is 11.9 Å². The molecular formula is C14H15NO5. The number of carboxylic acid groups (broad SMARTS) is 1. The van der Waals surface area contributed by atoms with Gasteiger partial charge in [0.15, 0.2) is 11.5 Å². The Bertz CT molecular complexity index is 581. The molecule has 6 nitrogen and oxygen atoms in total. The van der Waals surface area contributed by atoms with Crippen LogP contribution in [0.3, 0.4) is 0 Å². The zero-order valence-corrected chi connectivity index (χ0v) is 11.0. The summed E-state index contributed by atoms with van der Waals surface area (Å²) in [4.78, 5) is 23.6. The average molecular weight is 277 g/mol. The second kappa shape index (κ2) is 4.40. The van der Waals surface area contributed by atoms with E-state index in [2.05, 4.69) is 5.32 Å². The monoisotopic (exact) mass is 277 g/mol. The summed E-state index contributed by atoms with van der Waals surface area (Å²) in [5, 5.41) is 12.0. The largest absolute Gasteiger partial charge is 0.480 e. The van der Waals surface area contributed by atoms with Gasteiger partial charge in [-0.25, -0.2) is 4.79 Å². The van der Waals surface area contributed by atoms with Gasteiger partial charge < -0.3 is 19.9 Å². The van der Waals surface area contributed by atoms with Crippen LogP contribution in [-0.4, -0.2) is 29.3 Å². The molecule has 106 valence electrons. The Labute approximate surface area is 115 Å². The maximum absolute atomic E-state index is 12.2. The number of carbonyl (C=O) groups excluding carboxylic acids is 1. The van der Waals surface area contributed by atoms with Crippen molar-refractivity contribution in [3.8, 4) is 11.5 Å². The highest BCUT2D eigenvalue weighted by molar-refractivity contribution is 5.98. The maximum atomic E-state index is 12.2. The zero-order valence-electron chi connectivity index (χ0n) is 11.0. The lowest BCUT2D eigenvalue weighted by molar-refractivity contribution is -0.144. The quantitative estimate of drug-likeness (QED) is 0.869. The number of fused-ring (bicyclic) bond motifs is 1. The number of benzene rings is 1. The van der Waals surface area contributed by atoms with Crippen molar-refractivity contribution in [2.45, 2.75) is 25.3 Å². The molecule has 0 saturated heterocycles. The molecule has 0 unspecified atom stereocenters. The van der Waals surface area contributed by atoms with Crippen LogP contribution in [-0.2, 0) is 4.79 Å². The van der Waals surface area contributed by atoms with Gasteiger partial charge in [0, 0.05) is 5.56 Å². The van der Waals surface area contributed by atoms with E-state index in [9.17, 15) is 14.7 Å². The van der Waals surface area contributed by atoms with Crippen LogP contribution in [0, 0.1) is 5.92 Å². The van der Waals surface area contributed by atoms with E-state index in [1.165, 1.54) is 0 Å². The van der Waals surface area contributed by atoms with E-state index < -0.39 is 17.4 Å². The van der Waals surface area contributed by atoms with Crippen LogP contribution in [0.2, 0.25) is 0 Å². The van der Waals surface area contributed by atoms with E-state index >= 15 is 0 Å². The van der Waals surface area contributed by atoms with Crippen LogP contribution in [0.5, 0.6) is 11.5 Å². The first-order valence-corrected chi connectivity index (χ1v) is 6.46. The highest BCUT2D eigenvalue weighted by Gasteiger charge is 2.48. The minimum absolute atomic E-state index is 0.00189. The average Bonchev–Trinajstić information content (AvgIpc) is 3.16. The Morgan fingerprint density at radius 3 is 2.65 bits per heavy atom. The van der Waals surface area contributed by atoms with Crippen molar-refractivity contribution in [1.29, 1.82) is 0 Å². The van der Waals surface area contributed by atoms with Crippen molar-refractivity contribution in [3.63, 3.8) is 0 Å². The molecule has 2 aliphatic rings. The second-order valence-corrected chi connectivity index (χ2v) is 5.30. The summed E-state index contributed by atoms with van der Waals surface area (Å²) in [6.07, 6.45) is 1.65. The molecule has 1 amide bonds. The fraction of sp³-hybridized carbons (Fsp3) is 0.429. The number of ether oxygens (including phenoxy) is 2. The van der Waals surface area contributed by atoms with Gasteiger partial charge in [-0.15, -0.1) is 0 Å². The number of nitrogens with one attached hydrogen (secondary N) is 1. The predicted molar refractivity (Wildman–Crippen MR) is 68.8 cm³/mol. The van der Waals surface area contributed by atoms with Crippen molar-refractivity contribution in [1.82, 2.24) is 5.32 Å². The lowest BCUT2D eigenvalue weighted by Gasteiger charge is -2.26. The summed E-state index contributed by atoms with van der Waals surface area (Å²) >= 11 is 0. The summed E-state index contributed by atoms with van der Waals surface area (Å²) in [5.74, 6) is -0.335. The third-order valence-corrected chi connectivity index (χ3v) is 3.85. The minimum Gasteiger partial charge on any atom is -0.480 e. The second-order valence-electron chi connectivity index (χ2n) is 5.30. The van der Waals surface area contributed by atoms with Gasteiger partial charge >= 0.3 is 5.97 Å². The number of carbonyl (C=O) groups is 2. The van der Waals surface area contributed by atoms with E-state index in [0.29, 0.717) is 17.1 Å². The zero-order chi connectivity index (χ0) is 14.3. The highest BCUT2D eigenvalue weighted by atomic mass is 16.7. The molecule has 1 saturated carbocycles. The molecule has 0 bridgehead atoms. The van der Waals surface area contributed by atoms with Crippen molar-refractivity contribution in [2.24, 2.45) is 5.92 Å². The number of carboxylic acids is 1. The van der Waals surface area contributed by atoms with Gasteiger partial charge in [-0.1, -0.05) is 0 Å². The van der Waals surface area contributed by atoms with Crippen LogP contribution < -0.4 is 14.8 Å². The first-order valence-electron chi connectivity index (χ1n) is 6.46. The van der Waals surface area contributed by atoms with E-state index in [1.807, 2.05) is 0 Å². The summed E-state index contributed by atoms with van der Waals surface area (Å²) in [7, 11) is 0. The fourth-order valence-corrected chi connectivity index (χ4v) is 2.34. The Kier molecular flexibility index (Phi) is 2.81. The van der Waals surface area contributed by atoms with Crippen LogP contribution in [0.15, 0.2) is 18.2 Å². The molecule has 1 fully saturated rings. The lowest BCUT2D eigenvalue weighted by atomic mass is 9.95. The van der Waals surface area contributed by atoms with Gasteiger partial charge in [0.2, 0.25) is 6.79 Å². The molecule has 6 heteroatoms. The standard InChI is InChI=1S/C14H15NO5/c1-14(13(17)18,9-3-4-9)15-12(16)8-2-5-10-11(6-8)20-7-19-10/h2,5-6,9H,3-4,7H2,1H3,(H,15,16)(H,17,18)/t14-/m1/s1. The number of hydrogen-bond donors (Lipinski definition) is 2. The van der Waals surface area contributed by atoms with E-state index in [-0.39, 0.29) is 12.7 Å². The molecule has 2 N–H and O–H groups in total. The van der Waals surface area contributed by atoms with E-state index in [0.717, 1.165) is 12.8 Å². The summed E-state index contributed by atoms with van der Waals surface area (Å²) < 4.78 is 10.4. The highest BCUT2D eigenvalue weighted by Crippen LogP contribution is 2.40. The molecule has 1 aliphatic carbocycles. The molecule has 1 heterocycles. The topological polar surface area (TPSA) is 84.9 Å². The van der Waals surface area contributed by atoms with Gasteiger partial charge in [0.25, 0.3) is 5.91 Å². The van der Waals surface area contributed by atoms with Gasteiger partial charge in [-0.2, -0.15) is 0 Å². The maximum Gasteiger partial charge on any atom is 0.329 e. The molecule has 20 heavy (non-hydrogen) atoms. The molecule has 0 aromatic heterocycles. The third kappa shape index (κ3) is 2.07. The number of amides is 1.